The van der Waals surface area contributed by atoms with Crippen molar-refractivity contribution in [3.05, 3.63) is 35.9 Å². The molecule has 98 valence electrons. The molecule has 1 aromatic rings. The van der Waals surface area contributed by atoms with Crippen LogP contribution < -0.4 is 5.32 Å². The van der Waals surface area contributed by atoms with E-state index in [0.717, 1.165) is 18.8 Å². The van der Waals surface area contributed by atoms with Crippen LogP contribution in [0.2, 0.25) is 0 Å². The smallest absolute Gasteiger partial charge is 0.318 e. The van der Waals surface area contributed by atoms with Gasteiger partial charge < -0.3 is 10.2 Å². The van der Waals surface area contributed by atoms with Gasteiger partial charge in [0.25, 0.3) is 0 Å². The molecular weight excluding hydrogens is 244 g/mol. The van der Waals surface area contributed by atoms with Gasteiger partial charge in [-0.05, 0) is 10.8 Å². The maximum absolute atomic E-state index is 11.8. The van der Waals surface area contributed by atoms with Gasteiger partial charge in [0.05, 0.1) is 6.04 Å². The van der Waals surface area contributed by atoms with Gasteiger partial charge in [0.2, 0.25) is 0 Å². The molecule has 0 aromatic heterocycles. The number of urea groups is 1. The van der Waals surface area contributed by atoms with Crippen LogP contribution in [0.15, 0.2) is 30.3 Å². The lowest BCUT2D eigenvalue weighted by Gasteiger charge is -2.15. The molecule has 0 saturated carbocycles. The van der Waals surface area contributed by atoms with E-state index >= 15 is 0 Å². The van der Waals surface area contributed by atoms with Crippen LogP contribution in [-0.4, -0.2) is 35.0 Å². The van der Waals surface area contributed by atoms with Gasteiger partial charge in [-0.1, -0.05) is 44.2 Å². The Hall–Kier alpha value is -1.16. The number of rotatable bonds is 5. The van der Waals surface area contributed by atoms with Gasteiger partial charge in [-0.15, -0.1) is 0 Å². The average Bonchev–Trinajstić information content (AvgIpc) is 2.72. The highest BCUT2D eigenvalue weighted by molar-refractivity contribution is 7.99. The zero-order chi connectivity index (χ0) is 13.0. The number of thioether (sulfide) groups is 1. The van der Waals surface area contributed by atoms with Gasteiger partial charge in [0, 0.05) is 18.8 Å². The van der Waals surface area contributed by atoms with Crippen molar-refractivity contribution in [1.29, 1.82) is 0 Å². The highest BCUT2D eigenvalue weighted by atomic mass is 32.2. The van der Waals surface area contributed by atoms with E-state index in [-0.39, 0.29) is 12.1 Å². The Kier molecular flexibility index (Phi) is 4.53. The molecule has 0 bridgehead atoms. The summed E-state index contributed by atoms with van der Waals surface area (Å²) in [6, 6.07) is 10.4. The summed E-state index contributed by atoms with van der Waals surface area (Å²) in [6.45, 7) is 5.97. The van der Waals surface area contributed by atoms with Crippen LogP contribution in [-0.2, 0) is 0 Å². The zero-order valence-corrected chi connectivity index (χ0v) is 11.7. The first-order valence-electron chi connectivity index (χ1n) is 6.39. The topological polar surface area (TPSA) is 32.3 Å². The molecule has 0 spiro atoms. The zero-order valence-electron chi connectivity index (χ0n) is 10.9. The van der Waals surface area contributed by atoms with Crippen LogP contribution in [0.5, 0.6) is 0 Å². The normalized spacial score (nSPS) is 19.4. The molecule has 18 heavy (non-hydrogen) atoms. The van der Waals surface area contributed by atoms with Crippen LogP contribution in [0.4, 0.5) is 4.79 Å². The molecule has 1 saturated heterocycles. The Balaban J connectivity index is 1.87. The molecule has 1 unspecified atom stereocenters. The quantitative estimate of drug-likeness (QED) is 0.887. The van der Waals surface area contributed by atoms with Gasteiger partial charge >= 0.3 is 6.03 Å². The molecule has 1 aliphatic rings. The molecule has 0 radical (unpaired) electrons. The van der Waals surface area contributed by atoms with E-state index in [9.17, 15) is 4.79 Å². The van der Waals surface area contributed by atoms with Crippen LogP contribution in [0.1, 0.15) is 25.5 Å². The third-order valence-electron chi connectivity index (χ3n) is 3.00. The SMILES string of the molecule is CC(C)SCCN1CC(c2ccccc2)NC1=O. The molecule has 1 atom stereocenters. The Morgan fingerprint density at radius 1 is 1.39 bits per heavy atom. The molecular formula is C14H20N2OS. The second kappa shape index (κ2) is 6.14. The second-order valence-electron chi connectivity index (χ2n) is 4.78. The minimum absolute atomic E-state index is 0.0632. The number of benzene rings is 1. The molecule has 1 fully saturated rings. The Bertz CT molecular complexity index is 394. The number of nitrogens with zero attached hydrogens (tertiary/aromatic N) is 1. The van der Waals surface area contributed by atoms with Gasteiger partial charge in [-0.3, -0.25) is 0 Å². The maximum atomic E-state index is 11.8. The number of nitrogens with one attached hydrogen (secondary N) is 1. The Morgan fingerprint density at radius 3 is 2.78 bits per heavy atom. The number of hydrogen-bond acceptors (Lipinski definition) is 2. The Labute approximate surface area is 113 Å². The van der Waals surface area contributed by atoms with Crippen molar-refractivity contribution in [3.63, 3.8) is 0 Å². The number of amides is 2. The summed E-state index contributed by atoms with van der Waals surface area (Å²) in [5, 5.41) is 3.66. The van der Waals surface area contributed by atoms with Crippen molar-refractivity contribution >= 4 is 17.8 Å². The van der Waals surface area contributed by atoms with Gasteiger partial charge in [0.1, 0.15) is 0 Å². The number of hydrogen-bond donors (Lipinski definition) is 1. The number of carbonyl (C=O) groups is 1. The van der Waals surface area contributed by atoms with Crippen molar-refractivity contribution in [1.82, 2.24) is 10.2 Å². The summed E-state index contributed by atoms with van der Waals surface area (Å²) in [5.41, 5.74) is 1.19. The van der Waals surface area contributed by atoms with E-state index in [0.29, 0.717) is 5.25 Å². The summed E-state index contributed by atoms with van der Waals surface area (Å²) in [6.07, 6.45) is 0. The van der Waals surface area contributed by atoms with Crippen molar-refractivity contribution < 1.29 is 4.79 Å². The molecule has 1 aromatic carbocycles. The molecule has 4 heteroatoms. The van der Waals surface area contributed by atoms with E-state index in [1.54, 1.807) is 0 Å². The Morgan fingerprint density at radius 2 is 2.11 bits per heavy atom. The largest absolute Gasteiger partial charge is 0.329 e. The molecule has 1 aliphatic heterocycles. The standard InChI is InChI=1S/C14H20N2OS/c1-11(2)18-9-8-16-10-13(15-14(16)17)12-6-4-3-5-7-12/h3-7,11,13H,8-10H2,1-2H3,(H,15,17). The van der Waals surface area contributed by atoms with E-state index in [2.05, 4.69) is 31.3 Å². The summed E-state index contributed by atoms with van der Waals surface area (Å²) in [5.74, 6) is 1.01. The predicted molar refractivity (Wildman–Crippen MR) is 76.9 cm³/mol. The lowest BCUT2D eigenvalue weighted by molar-refractivity contribution is 0.220. The maximum Gasteiger partial charge on any atom is 0.318 e. The van der Waals surface area contributed by atoms with Gasteiger partial charge in [-0.25, -0.2) is 4.79 Å². The summed E-state index contributed by atoms with van der Waals surface area (Å²) < 4.78 is 0. The fourth-order valence-electron chi connectivity index (χ4n) is 2.05. The van der Waals surface area contributed by atoms with Crippen LogP contribution in [0.25, 0.3) is 0 Å². The molecule has 1 heterocycles. The first-order chi connectivity index (χ1) is 8.66. The van der Waals surface area contributed by atoms with Crippen molar-refractivity contribution in [2.75, 3.05) is 18.8 Å². The minimum Gasteiger partial charge on any atom is -0.329 e. The fourth-order valence-corrected chi connectivity index (χ4v) is 2.85. The van der Waals surface area contributed by atoms with Crippen LogP contribution >= 0.6 is 11.8 Å². The molecule has 3 nitrogen and oxygen atoms in total. The van der Waals surface area contributed by atoms with Crippen LogP contribution in [0, 0.1) is 0 Å². The van der Waals surface area contributed by atoms with Crippen molar-refractivity contribution in [3.8, 4) is 0 Å². The summed E-state index contributed by atoms with van der Waals surface area (Å²) >= 11 is 1.90. The monoisotopic (exact) mass is 264 g/mol. The van der Waals surface area contributed by atoms with E-state index in [1.807, 2.05) is 34.9 Å². The highest BCUT2D eigenvalue weighted by Crippen LogP contribution is 2.20. The van der Waals surface area contributed by atoms with Crippen molar-refractivity contribution in [2.24, 2.45) is 0 Å². The number of carbonyl (C=O) groups excluding carboxylic acids is 1. The molecule has 2 amide bonds. The molecule has 1 N–H and O–H groups in total. The van der Waals surface area contributed by atoms with E-state index in [4.69, 9.17) is 0 Å². The third kappa shape index (κ3) is 3.42. The van der Waals surface area contributed by atoms with Gasteiger partial charge in [0.15, 0.2) is 0 Å². The molecule has 0 aliphatic carbocycles. The van der Waals surface area contributed by atoms with Gasteiger partial charge in [-0.2, -0.15) is 11.8 Å². The average molecular weight is 264 g/mol. The predicted octanol–water partition coefficient (Wildman–Crippen LogP) is 2.89. The molecule has 2 rings (SSSR count). The lowest BCUT2D eigenvalue weighted by Crippen LogP contribution is -2.30. The van der Waals surface area contributed by atoms with E-state index in [1.165, 1.54) is 5.56 Å². The summed E-state index contributed by atoms with van der Waals surface area (Å²) in [7, 11) is 0. The van der Waals surface area contributed by atoms with Crippen LogP contribution in [0.3, 0.4) is 0 Å². The third-order valence-corrected chi connectivity index (χ3v) is 4.09. The minimum atomic E-state index is 0.0632. The first-order valence-corrected chi connectivity index (χ1v) is 7.43. The van der Waals surface area contributed by atoms with E-state index < -0.39 is 0 Å². The fraction of sp³-hybridized carbons (Fsp3) is 0.500. The first kappa shape index (κ1) is 13.3. The highest BCUT2D eigenvalue weighted by Gasteiger charge is 2.28. The lowest BCUT2D eigenvalue weighted by atomic mass is 10.1. The van der Waals surface area contributed by atoms with Crippen molar-refractivity contribution in [2.45, 2.75) is 25.1 Å². The summed E-state index contributed by atoms with van der Waals surface area (Å²) in [4.78, 5) is 13.7. The second-order valence-corrected chi connectivity index (χ2v) is 6.46.